The molecule has 5 heteroatoms. The number of ether oxygens (including phenoxy) is 2. The summed E-state index contributed by atoms with van der Waals surface area (Å²) < 4.78 is 10.7. The van der Waals surface area contributed by atoms with Crippen LogP contribution < -0.4 is 0 Å². The van der Waals surface area contributed by atoms with Crippen molar-refractivity contribution in [1.29, 1.82) is 0 Å². The largest absolute Gasteiger partial charge is 0.462 e. The molecule has 3 aliphatic rings. The van der Waals surface area contributed by atoms with E-state index < -0.39 is 11.5 Å². The van der Waals surface area contributed by atoms with E-state index in [1.54, 1.807) is 0 Å². The van der Waals surface area contributed by atoms with Crippen molar-refractivity contribution in [2.75, 3.05) is 6.61 Å². The van der Waals surface area contributed by atoms with Crippen molar-refractivity contribution in [2.24, 2.45) is 22.7 Å². The fourth-order valence-corrected chi connectivity index (χ4v) is 4.97. The molecule has 6 atom stereocenters. The Kier molecular flexibility index (Phi) is 3.40. The standard InChI is InChI=1S/C17H24O5/c1-9-5-6-12(22-11(3)18)13-14(19)17(8-16(9,13)4)10(2)7-21-15(17)20/h9,12-14,19H,2,5-8H2,1,3-4H3/t9-,12-,13+,14+,16+,17+/m0/s1. The molecule has 2 aliphatic carbocycles. The fourth-order valence-electron chi connectivity index (χ4n) is 4.97. The van der Waals surface area contributed by atoms with Gasteiger partial charge in [-0.25, -0.2) is 0 Å². The number of rotatable bonds is 1. The summed E-state index contributed by atoms with van der Waals surface area (Å²) in [5.41, 5.74) is -0.657. The van der Waals surface area contributed by atoms with Crippen LogP contribution in [0.15, 0.2) is 12.2 Å². The van der Waals surface area contributed by atoms with Crippen molar-refractivity contribution < 1.29 is 24.2 Å². The van der Waals surface area contributed by atoms with Gasteiger partial charge in [-0.3, -0.25) is 9.59 Å². The number of cyclic esters (lactones) is 1. The van der Waals surface area contributed by atoms with Gasteiger partial charge >= 0.3 is 11.9 Å². The molecule has 1 N–H and O–H groups in total. The minimum absolute atomic E-state index is 0.172. The van der Waals surface area contributed by atoms with Crippen LogP contribution in [0, 0.1) is 22.7 Å². The zero-order valence-corrected chi connectivity index (χ0v) is 13.4. The Balaban J connectivity index is 2.04. The van der Waals surface area contributed by atoms with Crippen molar-refractivity contribution in [3.8, 4) is 0 Å². The normalized spacial score (nSPS) is 47.5. The molecular formula is C17H24O5. The summed E-state index contributed by atoms with van der Waals surface area (Å²) in [7, 11) is 0. The maximum absolute atomic E-state index is 12.4. The van der Waals surface area contributed by atoms with Gasteiger partial charge in [-0.2, -0.15) is 0 Å². The molecule has 22 heavy (non-hydrogen) atoms. The van der Waals surface area contributed by atoms with Crippen LogP contribution in [0.1, 0.15) is 40.0 Å². The molecule has 2 saturated carbocycles. The van der Waals surface area contributed by atoms with Crippen LogP contribution in [0.2, 0.25) is 0 Å². The van der Waals surface area contributed by atoms with Crippen LogP contribution in [0.4, 0.5) is 0 Å². The first-order chi connectivity index (χ1) is 10.2. The van der Waals surface area contributed by atoms with Crippen molar-refractivity contribution in [1.82, 2.24) is 0 Å². The lowest BCUT2D eigenvalue weighted by Gasteiger charge is -2.46. The van der Waals surface area contributed by atoms with E-state index in [0.29, 0.717) is 17.9 Å². The SMILES string of the molecule is C=C1COC(=O)[C@]12C[C@@]1(C)[C@H]([C@@H](OC(C)=O)CC[C@@H]1C)[C@H]2O. The van der Waals surface area contributed by atoms with E-state index in [1.807, 2.05) is 0 Å². The van der Waals surface area contributed by atoms with Gasteiger partial charge in [0.05, 0.1) is 6.10 Å². The highest BCUT2D eigenvalue weighted by atomic mass is 16.5. The summed E-state index contributed by atoms with van der Waals surface area (Å²) in [6, 6.07) is 0. The smallest absolute Gasteiger partial charge is 0.319 e. The average molecular weight is 308 g/mol. The minimum atomic E-state index is -1.03. The van der Waals surface area contributed by atoms with E-state index in [4.69, 9.17) is 9.47 Å². The molecular weight excluding hydrogens is 284 g/mol. The third-order valence-electron chi connectivity index (χ3n) is 6.37. The highest BCUT2D eigenvalue weighted by molar-refractivity contribution is 5.85. The van der Waals surface area contributed by atoms with Crippen molar-refractivity contribution >= 4 is 11.9 Å². The molecule has 0 aromatic carbocycles. The zero-order valence-electron chi connectivity index (χ0n) is 13.4. The maximum atomic E-state index is 12.4. The number of carbonyl (C=O) groups excluding carboxylic acids is 2. The number of hydrogen-bond acceptors (Lipinski definition) is 5. The van der Waals surface area contributed by atoms with E-state index in [9.17, 15) is 14.7 Å². The van der Waals surface area contributed by atoms with Gasteiger partial charge in [0.2, 0.25) is 0 Å². The molecule has 1 spiro atoms. The molecule has 0 bridgehead atoms. The first-order valence-electron chi connectivity index (χ1n) is 7.94. The van der Waals surface area contributed by atoms with Crippen LogP contribution in [0.5, 0.6) is 0 Å². The second-order valence-electron chi connectivity index (χ2n) is 7.43. The summed E-state index contributed by atoms with van der Waals surface area (Å²) in [5.74, 6) is -0.653. The zero-order chi connectivity index (χ0) is 16.3. The number of aliphatic hydroxyl groups is 1. The van der Waals surface area contributed by atoms with Gasteiger partial charge in [0.15, 0.2) is 0 Å². The number of carbonyl (C=O) groups is 2. The van der Waals surface area contributed by atoms with Gasteiger partial charge < -0.3 is 14.6 Å². The molecule has 0 aromatic heterocycles. The summed E-state index contributed by atoms with van der Waals surface area (Å²) in [4.78, 5) is 23.8. The van der Waals surface area contributed by atoms with Gasteiger partial charge in [-0.05, 0) is 36.2 Å². The monoisotopic (exact) mass is 308 g/mol. The molecule has 3 rings (SSSR count). The lowest BCUT2D eigenvalue weighted by molar-refractivity contribution is -0.162. The number of esters is 2. The lowest BCUT2D eigenvalue weighted by Crippen LogP contribution is -2.48. The van der Waals surface area contributed by atoms with E-state index in [2.05, 4.69) is 20.4 Å². The fraction of sp³-hybridized carbons (Fsp3) is 0.765. The Morgan fingerprint density at radius 2 is 2.14 bits per heavy atom. The molecule has 5 nitrogen and oxygen atoms in total. The van der Waals surface area contributed by atoms with Crippen LogP contribution >= 0.6 is 0 Å². The molecule has 0 aromatic rings. The number of hydrogen-bond donors (Lipinski definition) is 1. The van der Waals surface area contributed by atoms with Crippen molar-refractivity contribution in [3.63, 3.8) is 0 Å². The number of aliphatic hydroxyl groups excluding tert-OH is 1. The lowest BCUT2D eigenvalue weighted by atomic mass is 9.61. The molecule has 1 aliphatic heterocycles. The molecule has 3 fully saturated rings. The van der Waals surface area contributed by atoms with Gasteiger partial charge in [0.25, 0.3) is 0 Å². The van der Waals surface area contributed by atoms with Gasteiger partial charge in [0.1, 0.15) is 18.1 Å². The maximum Gasteiger partial charge on any atom is 0.319 e. The average Bonchev–Trinajstić information content (AvgIpc) is 2.85. The van der Waals surface area contributed by atoms with E-state index >= 15 is 0 Å². The first-order valence-corrected chi connectivity index (χ1v) is 7.94. The molecule has 0 amide bonds. The molecule has 0 radical (unpaired) electrons. The van der Waals surface area contributed by atoms with E-state index in [-0.39, 0.29) is 36.0 Å². The second kappa shape index (κ2) is 4.82. The van der Waals surface area contributed by atoms with E-state index in [1.165, 1.54) is 6.92 Å². The summed E-state index contributed by atoms with van der Waals surface area (Å²) in [6.45, 7) is 9.77. The summed E-state index contributed by atoms with van der Waals surface area (Å²) in [5, 5.41) is 11.0. The minimum Gasteiger partial charge on any atom is -0.462 e. The van der Waals surface area contributed by atoms with Gasteiger partial charge in [0, 0.05) is 12.8 Å². The molecule has 122 valence electrons. The van der Waals surface area contributed by atoms with Crippen LogP contribution in [-0.2, 0) is 19.1 Å². The summed E-state index contributed by atoms with van der Waals surface area (Å²) in [6.07, 6.45) is 0.884. The van der Waals surface area contributed by atoms with Crippen LogP contribution in [-0.4, -0.2) is 35.9 Å². The predicted octanol–water partition coefficient (Wildman–Crippen LogP) is 1.83. The van der Waals surface area contributed by atoms with E-state index in [0.717, 1.165) is 12.8 Å². The molecule has 1 saturated heterocycles. The Morgan fingerprint density at radius 1 is 1.45 bits per heavy atom. The molecule has 0 unspecified atom stereocenters. The Bertz CT molecular complexity index is 523. The third kappa shape index (κ3) is 1.81. The third-order valence-corrected chi connectivity index (χ3v) is 6.37. The van der Waals surface area contributed by atoms with Gasteiger partial charge in [-0.15, -0.1) is 0 Å². The summed E-state index contributed by atoms with van der Waals surface area (Å²) >= 11 is 0. The highest BCUT2D eigenvalue weighted by Gasteiger charge is 2.70. The molecule has 1 heterocycles. The van der Waals surface area contributed by atoms with Crippen LogP contribution in [0.3, 0.4) is 0 Å². The van der Waals surface area contributed by atoms with Crippen molar-refractivity contribution in [2.45, 2.75) is 52.2 Å². The topological polar surface area (TPSA) is 72.8 Å². The Hall–Kier alpha value is -1.36. The highest BCUT2D eigenvalue weighted by Crippen LogP contribution is 2.65. The first kappa shape index (κ1) is 15.5. The second-order valence-corrected chi connectivity index (χ2v) is 7.43. The Labute approximate surface area is 130 Å². The van der Waals surface area contributed by atoms with Crippen molar-refractivity contribution in [3.05, 3.63) is 12.2 Å². The predicted molar refractivity (Wildman–Crippen MR) is 78.7 cm³/mol. The van der Waals surface area contributed by atoms with Gasteiger partial charge in [-0.1, -0.05) is 20.4 Å². The Morgan fingerprint density at radius 3 is 2.68 bits per heavy atom. The quantitative estimate of drug-likeness (QED) is 0.591. The van der Waals surface area contributed by atoms with Crippen LogP contribution in [0.25, 0.3) is 0 Å². The number of fused-ring (bicyclic) bond motifs is 1.